The monoisotopic (exact) mass is 435 g/mol. The molecule has 0 saturated carbocycles. The molecule has 8 heteroatoms. The van der Waals surface area contributed by atoms with Crippen LogP contribution in [-0.4, -0.2) is 51.0 Å². The van der Waals surface area contributed by atoms with Gasteiger partial charge in [0.1, 0.15) is 11.6 Å². The topological polar surface area (TPSA) is 63.1 Å². The minimum absolute atomic E-state index is 0. The van der Waals surface area contributed by atoms with Crippen LogP contribution in [0.5, 0.6) is 0 Å². The van der Waals surface area contributed by atoms with E-state index in [1.165, 1.54) is 16.0 Å². The number of nitrogens with one attached hydrogen (secondary N) is 1. The molecule has 0 atom stereocenters. The first-order valence-electron chi connectivity index (χ1n) is 10.2. The lowest BCUT2D eigenvalue weighted by atomic mass is 9.95. The van der Waals surface area contributed by atoms with E-state index < -0.39 is 0 Å². The molecule has 2 aromatic rings. The summed E-state index contributed by atoms with van der Waals surface area (Å²) >= 11 is 1.77. The van der Waals surface area contributed by atoms with Crippen molar-refractivity contribution in [2.45, 2.75) is 57.0 Å². The van der Waals surface area contributed by atoms with E-state index in [0.29, 0.717) is 12.3 Å². The second kappa shape index (κ2) is 9.96. The Bertz CT molecular complexity index is 848. The molecule has 6 nitrogen and oxygen atoms in total. The molecule has 0 bridgehead atoms. The van der Waals surface area contributed by atoms with Crippen LogP contribution in [0.1, 0.15) is 48.0 Å². The number of hydrogen-bond acceptors (Lipinski definition) is 5. The second-order valence-corrected chi connectivity index (χ2v) is 8.97. The number of fused-ring (bicyclic) bond motifs is 1. The Morgan fingerprint density at radius 1 is 1.17 bits per heavy atom. The van der Waals surface area contributed by atoms with Crippen molar-refractivity contribution in [1.29, 1.82) is 0 Å². The van der Waals surface area contributed by atoms with Gasteiger partial charge < -0.3 is 14.8 Å². The molecule has 4 rings (SSSR count). The summed E-state index contributed by atoms with van der Waals surface area (Å²) in [6.45, 7) is 8.67. The van der Waals surface area contributed by atoms with Gasteiger partial charge in [0.2, 0.25) is 5.91 Å². The lowest BCUT2D eigenvalue weighted by molar-refractivity contribution is -0.131. The fourth-order valence-electron chi connectivity index (χ4n) is 4.02. The Balaban J connectivity index is 0.00000240. The van der Waals surface area contributed by atoms with Crippen molar-refractivity contribution in [1.82, 2.24) is 25.0 Å². The number of nitrogens with zero attached hydrogens (tertiary/aromatic N) is 4. The van der Waals surface area contributed by atoms with Gasteiger partial charge in [-0.25, -0.2) is 0 Å². The Hall–Kier alpha value is -1.57. The number of piperidine rings is 1. The normalized spacial score (nSPS) is 17.0. The van der Waals surface area contributed by atoms with Gasteiger partial charge >= 0.3 is 0 Å². The maximum absolute atomic E-state index is 12.6. The average molecular weight is 436 g/mol. The standard InChI is InChI=1S/C21H29N5OS.ClH/c1-15-3-4-18(13-16(15)2)28-12-7-20(27)25-9-5-17(6-10-25)21-24-23-19-14-22-8-11-26(19)21;/h3-4,13,17,22H,5-12,14H2,1-2H3;1H. The summed E-state index contributed by atoms with van der Waals surface area (Å²) in [4.78, 5) is 15.9. The summed E-state index contributed by atoms with van der Waals surface area (Å²) in [5, 5.41) is 12.1. The molecule has 1 aromatic carbocycles. The molecule has 0 spiro atoms. The molecule has 1 N–H and O–H groups in total. The van der Waals surface area contributed by atoms with Crippen LogP contribution in [0.25, 0.3) is 0 Å². The van der Waals surface area contributed by atoms with Gasteiger partial charge in [-0.1, -0.05) is 6.07 Å². The van der Waals surface area contributed by atoms with Crippen molar-refractivity contribution < 1.29 is 4.79 Å². The zero-order chi connectivity index (χ0) is 19.5. The van der Waals surface area contributed by atoms with E-state index in [4.69, 9.17) is 0 Å². The van der Waals surface area contributed by atoms with Crippen LogP contribution in [-0.2, 0) is 17.9 Å². The minimum atomic E-state index is 0. The van der Waals surface area contributed by atoms with Gasteiger partial charge in [-0.15, -0.1) is 34.4 Å². The molecule has 2 aliphatic heterocycles. The van der Waals surface area contributed by atoms with Crippen molar-refractivity contribution in [3.63, 3.8) is 0 Å². The van der Waals surface area contributed by atoms with E-state index >= 15 is 0 Å². The molecule has 0 unspecified atom stereocenters. The Labute approximate surface area is 183 Å². The van der Waals surface area contributed by atoms with Crippen molar-refractivity contribution >= 4 is 30.1 Å². The highest BCUT2D eigenvalue weighted by Crippen LogP contribution is 2.28. The summed E-state index contributed by atoms with van der Waals surface area (Å²) in [7, 11) is 0. The average Bonchev–Trinajstić information content (AvgIpc) is 3.15. The Kier molecular flexibility index (Phi) is 7.60. The molecule has 0 aliphatic carbocycles. The molecule has 29 heavy (non-hydrogen) atoms. The number of amides is 1. The number of aromatic nitrogens is 3. The third-order valence-electron chi connectivity index (χ3n) is 5.93. The zero-order valence-corrected chi connectivity index (χ0v) is 18.8. The molecule has 0 radical (unpaired) electrons. The van der Waals surface area contributed by atoms with Crippen LogP contribution >= 0.6 is 24.2 Å². The van der Waals surface area contributed by atoms with Gasteiger partial charge in [0, 0.05) is 49.2 Å². The maximum atomic E-state index is 12.6. The van der Waals surface area contributed by atoms with Crippen LogP contribution in [0.15, 0.2) is 23.1 Å². The van der Waals surface area contributed by atoms with Crippen molar-refractivity contribution in [3.05, 3.63) is 41.0 Å². The zero-order valence-electron chi connectivity index (χ0n) is 17.2. The van der Waals surface area contributed by atoms with Gasteiger partial charge in [0.05, 0.1) is 6.54 Å². The van der Waals surface area contributed by atoms with Crippen LogP contribution < -0.4 is 5.32 Å². The number of aryl methyl sites for hydroxylation is 2. The lowest BCUT2D eigenvalue weighted by Crippen LogP contribution is -2.39. The molecule has 1 aromatic heterocycles. The lowest BCUT2D eigenvalue weighted by Gasteiger charge is -2.32. The quantitative estimate of drug-likeness (QED) is 0.730. The predicted molar refractivity (Wildman–Crippen MR) is 119 cm³/mol. The van der Waals surface area contributed by atoms with Crippen LogP contribution in [0, 0.1) is 13.8 Å². The van der Waals surface area contributed by atoms with E-state index in [-0.39, 0.29) is 18.3 Å². The van der Waals surface area contributed by atoms with Gasteiger partial charge in [-0.2, -0.15) is 0 Å². The maximum Gasteiger partial charge on any atom is 0.223 e. The summed E-state index contributed by atoms with van der Waals surface area (Å²) in [5.41, 5.74) is 2.62. The summed E-state index contributed by atoms with van der Waals surface area (Å²) in [6.07, 6.45) is 2.58. The Morgan fingerprint density at radius 3 is 2.72 bits per heavy atom. The molecule has 2 aliphatic rings. The summed E-state index contributed by atoms with van der Waals surface area (Å²) in [5.74, 6) is 3.71. The van der Waals surface area contributed by atoms with Gasteiger partial charge in [0.15, 0.2) is 0 Å². The second-order valence-electron chi connectivity index (χ2n) is 7.80. The molecule has 158 valence electrons. The molecule has 1 fully saturated rings. The number of thioether (sulfide) groups is 1. The SMILES string of the molecule is Cc1ccc(SCCC(=O)N2CCC(c3nnc4n3CCNC4)CC2)cc1C.Cl. The fourth-order valence-corrected chi connectivity index (χ4v) is 4.96. The van der Waals surface area contributed by atoms with Gasteiger partial charge in [-0.05, 0) is 49.9 Å². The van der Waals surface area contributed by atoms with E-state index in [9.17, 15) is 4.79 Å². The highest BCUT2D eigenvalue weighted by Gasteiger charge is 2.28. The number of carbonyl (C=O) groups excluding carboxylic acids is 1. The summed E-state index contributed by atoms with van der Waals surface area (Å²) < 4.78 is 2.28. The highest BCUT2D eigenvalue weighted by molar-refractivity contribution is 7.99. The largest absolute Gasteiger partial charge is 0.343 e. The van der Waals surface area contributed by atoms with Crippen molar-refractivity contribution in [2.75, 3.05) is 25.4 Å². The molecular formula is C21H30ClN5OS. The fraction of sp³-hybridized carbons (Fsp3) is 0.571. The number of likely N-dealkylation sites (tertiary alicyclic amines) is 1. The summed E-state index contributed by atoms with van der Waals surface area (Å²) in [6, 6.07) is 6.52. The molecule has 1 amide bonds. The van der Waals surface area contributed by atoms with E-state index in [1.54, 1.807) is 11.8 Å². The minimum Gasteiger partial charge on any atom is -0.343 e. The van der Waals surface area contributed by atoms with Gasteiger partial charge in [0.25, 0.3) is 0 Å². The first-order chi connectivity index (χ1) is 13.6. The number of hydrogen-bond donors (Lipinski definition) is 1. The van der Waals surface area contributed by atoms with E-state index in [0.717, 1.165) is 63.0 Å². The number of rotatable bonds is 5. The molecule has 1 saturated heterocycles. The number of carbonyl (C=O) groups is 1. The van der Waals surface area contributed by atoms with Crippen LogP contribution in [0.4, 0.5) is 0 Å². The highest BCUT2D eigenvalue weighted by atomic mass is 35.5. The number of halogens is 1. The predicted octanol–water partition coefficient (Wildman–Crippen LogP) is 3.31. The first-order valence-corrected chi connectivity index (χ1v) is 11.2. The van der Waals surface area contributed by atoms with E-state index in [1.807, 2.05) is 4.90 Å². The third-order valence-corrected chi connectivity index (χ3v) is 6.92. The smallest absolute Gasteiger partial charge is 0.223 e. The van der Waals surface area contributed by atoms with Gasteiger partial charge in [-0.3, -0.25) is 4.79 Å². The third kappa shape index (κ3) is 5.13. The molecule has 3 heterocycles. The first kappa shape index (κ1) is 22.1. The Morgan fingerprint density at radius 2 is 1.97 bits per heavy atom. The van der Waals surface area contributed by atoms with Crippen LogP contribution in [0.2, 0.25) is 0 Å². The number of benzene rings is 1. The van der Waals surface area contributed by atoms with Crippen LogP contribution in [0.3, 0.4) is 0 Å². The molecular weight excluding hydrogens is 406 g/mol. The van der Waals surface area contributed by atoms with Crippen molar-refractivity contribution in [3.8, 4) is 0 Å². The van der Waals surface area contributed by atoms with E-state index in [2.05, 4.69) is 52.1 Å². The van der Waals surface area contributed by atoms with Crippen molar-refractivity contribution in [2.24, 2.45) is 0 Å².